The topological polar surface area (TPSA) is 46.9 Å². The molecule has 104 valence electrons. The van der Waals surface area contributed by atoms with Crippen molar-refractivity contribution < 1.29 is 9.18 Å². The van der Waals surface area contributed by atoms with Gasteiger partial charge in [-0.15, -0.1) is 0 Å². The first-order valence-electron chi connectivity index (χ1n) is 6.41. The second-order valence-electron chi connectivity index (χ2n) is 4.42. The summed E-state index contributed by atoms with van der Waals surface area (Å²) >= 11 is 0. The van der Waals surface area contributed by atoms with Crippen molar-refractivity contribution in [3.05, 3.63) is 78.2 Å². The van der Waals surface area contributed by atoms with E-state index < -0.39 is 11.7 Å². The summed E-state index contributed by atoms with van der Waals surface area (Å²) in [7, 11) is 0. The average molecular weight is 281 g/mol. The minimum absolute atomic E-state index is 0.00763. The highest BCUT2D eigenvalue weighted by atomic mass is 19.1. The number of para-hydroxylation sites is 1. The number of anilines is 1. The number of halogens is 1. The smallest absolute Gasteiger partial charge is 0.259 e. The molecule has 3 aromatic rings. The fourth-order valence-corrected chi connectivity index (χ4v) is 1.94. The molecule has 1 aromatic heterocycles. The molecule has 5 heteroatoms. The van der Waals surface area contributed by atoms with E-state index in [0.29, 0.717) is 5.82 Å². The third-order valence-corrected chi connectivity index (χ3v) is 2.97. The van der Waals surface area contributed by atoms with Crippen LogP contribution in [0.1, 0.15) is 10.4 Å². The van der Waals surface area contributed by atoms with Crippen LogP contribution in [0.2, 0.25) is 0 Å². The number of carbonyl (C=O) groups is 1. The molecule has 3 rings (SSSR count). The quantitative estimate of drug-likeness (QED) is 0.801. The third kappa shape index (κ3) is 2.81. The number of hydrogen-bond acceptors (Lipinski definition) is 2. The van der Waals surface area contributed by atoms with Crippen molar-refractivity contribution in [2.24, 2.45) is 0 Å². The van der Waals surface area contributed by atoms with Crippen LogP contribution in [0.5, 0.6) is 0 Å². The van der Waals surface area contributed by atoms with Gasteiger partial charge in [0.15, 0.2) is 5.82 Å². The lowest BCUT2D eigenvalue weighted by Crippen LogP contribution is -2.14. The maximum atomic E-state index is 13.5. The van der Waals surface area contributed by atoms with Crippen molar-refractivity contribution in [3.8, 4) is 5.69 Å². The molecule has 0 saturated carbocycles. The van der Waals surface area contributed by atoms with Crippen molar-refractivity contribution >= 4 is 11.7 Å². The number of nitrogens with one attached hydrogen (secondary N) is 1. The van der Waals surface area contributed by atoms with Gasteiger partial charge in [0, 0.05) is 12.3 Å². The Hall–Kier alpha value is -2.95. The van der Waals surface area contributed by atoms with Gasteiger partial charge < -0.3 is 5.32 Å². The molecule has 0 radical (unpaired) electrons. The van der Waals surface area contributed by atoms with Gasteiger partial charge in [-0.05, 0) is 24.3 Å². The maximum absolute atomic E-state index is 13.5. The zero-order valence-electron chi connectivity index (χ0n) is 11.0. The lowest BCUT2D eigenvalue weighted by atomic mass is 10.2. The van der Waals surface area contributed by atoms with Crippen LogP contribution in [-0.4, -0.2) is 15.7 Å². The van der Waals surface area contributed by atoms with Gasteiger partial charge in [-0.2, -0.15) is 5.10 Å². The van der Waals surface area contributed by atoms with Crippen molar-refractivity contribution in [1.29, 1.82) is 0 Å². The number of hydrogen-bond donors (Lipinski definition) is 1. The van der Waals surface area contributed by atoms with E-state index in [1.165, 1.54) is 18.2 Å². The van der Waals surface area contributed by atoms with E-state index in [1.807, 2.05) is 30.3 Å². The monoisotopic (exact) mass is 281 g/mol. The fraction of sp³-hybridized carbons (Fsp3) is 0. The Kier molecular flexibility index (Phi) is 3.47. The third-order valence-electron chi connectivity index (χ3n) is 2.97. The van der Waals surface area contributed by atoms with Crippen molar-refractivity contribution in [2.45, 2.75) is 0 Å². The Morgan fingerprint density at radius 3 is 2.48 bits per heavy atom. The van der Waals surface area contributed by atoms with Crippen LogP contribution in [0, 0.1) is 5.82 Å². The standard InChI is InChI=1S/C16H12FN3O/c17-14-9-5-4-8-13(14)16(21)18-15-10-11-20(19-15)12-6-2-1-3-7-12/h1-11H,(H,18,19,21). The molecule has 0 fully saturated rings. The molecule has 0 spiro atoms. The molecule has 1 N–H and O–H groups in total. The zero-order valence-corrected chi connectivity index (χ0v) is 11.0. The molecule has 1 amide bonds. The highest BCUT2D eigenvalue weighted by Crippen LogP contribution is 2.12. The van der Waals surface area contributed by atoms with Crippen LogP contribution in [-0.2, 0) is 0 Å². The molecule has 1 heterocycles. The number of aromatic nitrogens is 2. The van der Waals surface area contributed by atoms with Gasteiger partial charge in [0.05, 0.1) is 11.3 Å². The van der Waals surface area contributed by atoms with E-state index in [-0.39, 0.29) is 5.56 Å². The average Bonchev–Trinajstić information content (AvgIpc) is 2.97. The van der Waals surface area contributed by atoms with Crippen LogP contribution in [0.15, 0.2) is 66.9 Å². The molecular formula is C16H12FN3O. The summed E-state index contributed by atoms with van der Waals surface area (Å²) in [6.07, 6.45) is 1.73. The molecular weight excluding hydrogens is 269 g/mol. The van der Waals surface area contributed by atoms with Gasteiger partial charge in [0.25, 0.3) is 5.91 Å². The van der Waals surface area contributed by atoms with Gasteiger partial charge in [-0.1, -0.05) is 30.3 Å². The minimum Gasteiger partial charge on any atom is -0.305 e. The van der Waals surface area contributed by atoms with E-state index in [4.69, 9.17) is 0 Å². The van der Waals surface area contributed by atoms with Crippen LogP contribution >= 0.6 is 0 Å². The molecule has 4 nitrogen and oxygen atoms in total. The number of amides is 1. The maximum Gasteiger partial charge on any atom is 0.259 e. The van der Waals surface area contributed by atoms with Crippen LogP contribution in [0.3, 0.4) is 0 Å². The summed E-state index contributed by atoms with van der Waals surface area (Å²) in [5.74, 6) is -0.712. The molecule has 0 bridgehead atoms. The highest BCUT2D eigenvalue weighted by molar-refractivity contribution is 6.03. The number of carbonyl (C=O) groups excluding carboxylic acids is 1. The summed E-state index contributed by atoms with van der Waals surface area (Å²) < 4.78 is 15.2. The molecule has 0 aliphatic heterocycles. The van der Waals surface area contributed by atoms with E-state index in [0.717, 1.165) is 5.69 Å². The molecule has 0 saturated heterocycles. The largest absolute Gasteiger partial charge is 0.305 e. The number of rotatable bonds is 3. The summed E-state index contributed by atoms with van der Waals surface area (Å²) in [6, 6.07) is 17.0. The van der Waals surface area contributed by atoms with Gasteiger partial charge >= 0.3 is 0 Å². The molecule has 0 aliphatic rings. The molecule has 21 heavy (non-hydrogen) atoms. The van der Waals surface area contributed by atoms with Crippen LogP contribution in [0.4, 0.5) is 10.2 Å². The molecule has 0 aliphatic carbocycles. The predicted octanol–water partition coefficient (Wildman–Crippen LogP) is 3.26. The minimum atomic E-state index is -0.558. The summed E-state index contributed by atoms with van der Waals surface area (Å²) in [4.78, 5) is 12.0. The summed E-state index contributed by atoms with van der Waals surface area (Å²) in [5, 5.41) is 6.82. The Morgan fingerprint density at radius 1 is 1.00 bits per heavy atom. The van der Waals surface area contributed by atoms with Crippen molar-refractivity contribution in [3.63, 3.8) is 0 Å². The Labute approximate surface area is 120 Å². The van der Waals surface area contributed by atoms with Gasteiger partial charge in [0.1, 0.15) is 5.82 Å². The van der Waals surface area contributed by atoms with Crippen molar-refractivity contribution in [1.82, 2.24) is 9.78 Å². The second kappa shape index (κ2) is 5.58. The van der Waals surface area contributed by atoms with E-state index >= 15 is 0 Å². The fourth-order valence-electron chi connectivity index (χ4n) is 1.94. The Bertz CT molecular complexity index is 768. The summed E-state index contributed by atoms with van der Waals surface area (Å²) in [6.45, 7) is 0. The van der Waals surface area contributed by atoms with Gasteiger partial charge in [-0.3, -0.25) is 4.79 Å². The lowest BCUT2D eigenvalue weighted by Gasteiger charge is -2.03. The number of benzene rings is 2. The Morgan fingerprint density at radius 2 is 1.71 bits per heavy atom. The summed E-state index contributed by atoms with van der Waals surface area (Å²) in [5.41, 5.74) is 0.871. The molecule has 2 aromatic carbocycles. The lowest BCUT2D eigenvalue weighted by molar-refractivity contribution is 0.102. The van der Waals surface area contributed by atoms with E-state index in [1.54, 1.807) is 23.0 Å². The van der Waals surface area contributed by atoms with Crippen LogP contribution < -0.4 is 5.32 Å². The first-order chi connectivity index (χ1) is 10.2. The van der Waals surface area contributed by atoms with E-state index in [2.05, 4.69) is 10.4 Å². The first kappa shape index (κ1) is 13.1. The Balaban J connectivity index is 1.79. The predicted molar refractivity (Wildman–Crippen MR) is 77.9 cm³/mol. The van der Waals surface area contributed by atoms with Gasteiger partial charge in [0.2, 0.25) is 0 Å². The zero-order chi connectivity index (χ0) is 14.7. The molecule has 0 unspecified atom stereocenters. The number of nitrogens with zero attached hydrogens (tertiary/aromatic N) is 2. The van der Waals surface area contributed by atoms with Crippen LogP contribution in [0.25, 0.3) is 5.69 Å². The second-order valence-corrected chi connectivity index (χ2v) is 4.42. The van der Waals surface area contributed by atoms with E-state index in [9.17, 15) is 9.18 Å². The first-order valence-corrected chi connectivity index (χ1v) is 6.41. The molecule has 0 atom stereocenters. The van der Waals surface area contributed by atoms with Gasteiger partial charge in [-0.25, -0.2) is 9.07 Å². The normalized spacial score (nSPS) is 10.3. The SMILES string of the molecule is O=C(Nc1ccn(-c2ccccc2)n1)c1ccccc1F. The van der Waals surface area contributed by atoms with Crippen molar-refractivity contribution in [2.75, 3.05) is 5.32 Å². The highest BCUT2D eigenvalue weighted by Gasteiger charge is 2.12.